The lowest BCUT2D eigenvalue weighted by Gasteiger charge is -2.13. The highest BCUT2D eigenvalue weighted by Gasteiger charge is 2.34. The van der Waals surface area contributed by atoms with E-state index in [-0.39, 0.29) is 3.57 Å². The molecule has 1 rings (SSSR count). The van der Waals surface area contributed by atoms with Gasteiger partial charge in [0.1, 0.15) is 4.90 Å². The molecular formula is C7H6F3IN2O4S. The Labute approximate surface area is 113 Å². The number of hydrogen-bond acceptors (Lipinski definition) is 5. The molecule has 0 fully saturated rings. The molecule has 0 atom stereocenters. The zero-order chi connectivity index (χ0) is 14.1. The van der Waals surface area contributed by atoms with Crippen LogP contribution in [0.15, 0.2) is 11.1 Å². The molecule has 0 spiro atoms. The highest BCUT2D eigenvalue weighted by Crippen LogP contribution is 2.36. The summed E-state index contributed by atoms with van der Waals surface area (Å²) in [7, 11) is -3.06. The van der Waals surface area contributed by atoms with Gasteiger partial charge >= 0.3 is 6.36 Å². The van der Waals surface area contributed by atoms with Crippen molar-refractivity contribution >= 4 is 32.6 Å². The van der Waals surface area contributed by atoms with Crippen LogP contribution in [0.4, 0.5) is 13.2 Å². The van der Waals surface area contributed by atoms with Crippen molar-refractivity contribution in [1.82, 2.24) is 4.98 Å². The van der Waals surface area contributed by atoms with Crippen LogP contribution in [0.3, 0.4) is 0 Å². The molecule has 1 heterocycles. The number of pyridine rings is 1. The minimum atomic E-state index is -4.97. The Kier molecular flexibility index (Phi) is 4.27. The van der Waals surface area contributed by atoms with E-state index in [4.69, 9.17) is 5.14 Å². The first-order valence-electron chi connectivity index (χ1n) is 4.07. The molecule has 0 saturated heterocycles. The first-order valence-corrected chi connectivity index (χ1v) is 6.70. The summed E-state index contributed by atoms with van der Waals surface area (Å²) in [5.74, 6) is -1.35. The van der Waals surface area contributed by atoms with Crippen molar-refractivity contribution in [3.63, 3.8) is 0 Å². The third-order valence-electron chi connectivity index (χ3n) is 1.63. The van der Waals surface area contributed by atoms with Gasteiger partial charge in [-0.2, -0.15) is 0 Å². The van der Waals surface area contributed by atoms with Gasteiger partial charge in [-0.3, -0.25) is 0 Å². The predicted molar refractivity (Wildman–Crippen MR) is 61.6 cm³/mol. The molecule has 0 aromatic carbocycles. The fourth-order valence-electron chi connectivity index (χ4n) is 0.996. The van der Waals surface area contributed by atoms with E-state index < -0.39 is 32.9 Å². The van der Waals surface area contributed by atoms with E-state index in [2.05, 4.69) is 14.5 Å². The molecule has 0 radical (unpaired) electrons. The van der Waals surface area contributed by atoms with E-state index in [1.54, 1.807) is 0 Å². The molecule has 0 aliphatic carbocycles. The standard InChI is InChI=1S/C7H6F3IN2O4S/c1-16-5-4(11)3(18(12,14)15)2-13-6(5)17-7(8,9)10/h2H,1H3,(H2,12,14,15). The summed E-state index contributed by atoms with van der Waals surface area (Å²) in [5.41, 5.74) is 0. The molecule has 6 nitrogen and oxygen atoms in total. The summed E-state index contributed by atoms with van der Waals surface area (Å²) in [6.07, 6.45) is -4.30. The van der Waals surface area contributed by atoms with Gasteiger partial charge in [0.15, 0.2) is 5.75 Å². The predicted octanol–water partition coefficient (Wildman–Crippen LogP) is 1.24. The summed E-state index contributed by atoms with van der Waals surface area (Å²) >= 11 is 1.47. The van der Waals surface area contributed by atoms with E-state index >= 15 is 0 Å². The molecule has 0 saturated carbocycles. The number of nitrogens with zero attached hydrogens (tertiary/aromatic N) is 1. The van der Waals surface area contributed by atoms with E-state index in [1.807, 2.05) is 0 Å². The molecule has 1 aromatic rings. The van der Waals surface area contributed by atoms with Crippen molar-refractivity contribution in [3.8, 4) is 11.6 Å². The lowest BCUT2D eigenvalue weighted by molar-refractivity contribution is -0.276. The van der Waals surface area contributed by atoms with Crippen molar-refractivity contribution in [2.75, 3.05) is 7.11 Å². The number of aromatic nitrogens is 1. The molecule has 102 valence electrons. The number of nitrogens with two attached hydrogens (primary N) is 1. The minimum Gasteiger partial charge on any atom is -0.490 e. The Morgan fingerprint density at radius 2 is 2.00 bits per heavy atom. The Morgan fingerprint density at radius 3 is 2.39 bits per heavy atom. The van der Waals surface area contributed by atoms with E-state index in [0.717, 1.165) is 7.11 Å². The molecule has 0 aliphatic heterocycles. The maximum Gasteiger partial charge on any atom is 0.574 e. The normalized spacial score (nSPS) is 12.3. The van der Waals surface area contributed by atoms with Crippen LogP contribution >= 0.6 is 22.6 Å². The lowest BCUT2D eigenvalue weighted by atomic mass is 10.4. The number of sulfonamides is 1. The number of halogens is 4. The van der Waals surface area contributed by atoms with Gasteiger partial charge < -0.3 is 9.47 Å². The van der Waals surface area contributed by atoms with Crippen molar-refractivity contribution in [2.24, 2.45) is 5.14 Å². The number of ether oxygens (including phenoxy) is 2. The molecule has 2 N–H and O–H groups in total. The quantitative estimate of drug-likeness (QED) is 0.774. The number of methoxy groups -OCH3 is 1. The van der Waals surface area contributed by atoms with Gasteiger partial charge in [0.05, 0.1) is 16.9 Å². The molecule has 0 unspecified atom stereocenters. The SMILES string of the molecule is COc1c(OC(F)(F)F)ncc(S(N)(=O)=O)c1I. The van der Waals surface area contributed by atoms with E-state index in [9.17, 15) is 21.6 Å². The highest BCUT2D eigenvalue weighted by molar-refractivity contribution is 14.1. The van der Waals surface area contributed by atoms with Crippen LogP contribution in [0.2, 0.25) is 0 Å². The number of alkyl halides is 3. The molecule has 0 bridgehead atoms. The zero-order valence-electron chi connectivity index (χ0n) is 8.66. The Morgan fingerprint density at radius 1 is 1.44 bits per heavy atom. The van der Waals surface area contributed by atoms with E-state index in [0.29, 0.717) is 6.20 Å². The smallest absolute Gasteiger partial charge is 0.490 e. The largest absolute Gasteiger partial charge is 0.574 e. The van der Waals surface area contributed by atoms with Crippen molar-refractivity contribution in [1.29, 1.82) is 0 Å². The van der Waals surface area contributed by atoms with Crippen molar-refractivity contribution in [3.05, 3.63) is 9.77 Å². The first-order chi connectivity index (χ1) is 8.06. The maximum atomic E-state index is 12.1. The van der Waals surface area contributed by atoms with Gasteiger partial charge in [-0.15, -0.1) is 13.2 Å². The summed E-state index contributed by atoms with van der Waals surface area (Å²) < 4.78 is 66.5. The highest BCUT2D eigenvalue weighted by atomic mass is 127. The third kappa shape index (κ3) is 3.58. The molecule has 0 aliphatic rings. The zero-order valence-corrected chi connectivity index (χ0v) is 11.6. The Bertz CT molecular complexity index is 561. The van der Waals surface area contributed by atoms with Gasteiger partial charge in [-0.25, -0.2) is 18.5 Å². The second kappa shape index (κ2) is 5.05. The van der Waals surface area contributed by atoms with Gasteiger partial charge in [0, 0.05) is 0 Å². The number of primary sulfonamides is 1. The van der Waals surface area contributed by atoms with Crippen molar-refractivity contribution < 1.29 is 31.1 Å². The molecule has 18 heavy (non-hydrogen) atoms. The molecule has 0 amide bonds. The molecule has 1 aromatic heterocycles. The Hall–Kier alpha value is -0.820. The van der Waals surface area contributed by atoms with Gasteiger partial charge in [0.25, 0.3) is 5.88 Å². The first kappa shape index (κ1) is 15.2. The second-order valence-corrected chi connectivity index (χ2v) is 5.48. The Balaban J connectivity index is 3.39. The van der Waals surface area contributed by atoms with Crippen LogP contribution < -0.4 is 14.6 Å². The van der Waals surface area contributed by atoms with Gasteiger partial charge in [-0.1, -0.05) is 0 Å². The fraction of sp³-hybridized carbons (Fsp3) is 0.286. The summed E-state index contributed by atoms with van der Waals surface area (Å²) in [4.78, 5) is 2.78. The second-order valence-electron chi connectivity index (χ2n) is 2.87. The van der Waals surface area contributed by atoms with Crippen LogP contribution in [0.1, 0.15) is 0 Å². The third-order valence-corrected chi connectivity index (χ3v) is 3.99. The van der Waals surface area contributed by atoms with Crippen molar-refractivity contribution in [2.45, 2.75) is 11.3 Å². The van der Waals surface area contributed by atoms with Gasteiger partial charge in [0.2, 0.25) is 10.0 Å². The summed E-state index contributed by atoms with van der Waals surface area (Å²) in [5, 5.41) is 4.87. The number of rotatable bonds is 3. The number of hydrogen-bond donors (Lipinski definition) is 1. The van der Waals surface area contributed by atoms with Gasteiger partial charge in [-0.05, 0) is 22.6 Å². The molecular weight excluding hydrogens is 392 g/mol. The minimum absolute atomic E-state index is 0.146. The van der Waals surface area contributed by atoms with Crippen LogP contribution in [0.5, 0.6) is 11.6 Å². The van der Waals surface area contributed by atoms with Crippen LogP contribution in [0, 0.1) is 3.57 Å². The summed E-state index contributed by atoms with van der Waals surface area (Å²) in [6, 6.07) is 0. The van der Waals surface area contributed by atoms with E-state index in [1.165, 1.54) is 22.6 Å². The average molecular weight is 398 g/mol. The topological polar surface area (TPSA) is 91.5 Å². The maximum absolute atomic E-state index is 12.1. The van der Waals surface area contributed by atoms with Crippen LogP contribution in [-0.4, -0.2) is 26.9 Å². The monoisotopic (exact) mass is 398 g/mol. The summed E-state index contributed by atoms with van der Waals surface area (Å²) in [6.45, 7) is 0. The fourth-order valence-corrected chi connectivity index (χ4v) is 3.05. The van der Waals surface area contributed by atoms with Crippen LogP contribution in [-0.2, 0) is 10.0 Å². The lowest BCUT2D eigenvalue weighted by Crippen LogP contribution is -2.20. The average Bonchev–Trinajstić information content (AvgIpc) is 2.13. The molecule has 11 heteroatoms. The van der Waals surface area contributed by atoms with Crippen LogP contribution in [0.25, 0.3) is 0 Å².